The molecule has 0 N–H and O–H groups in total. The summed E-state index contributed by atoms with van der Waals surface area (Å²) < 4.78 is 14.6. The van der Waals surface area contributed by atoms with Crippen LogP contribution in [0.4, 0.5) is 4.39 Å². The molecule has 0 radical (unpaired) electrons. The second kappa shape index (κ2) is 5.52. The molecule has 1 fully saturated rings. The maximum absolute atomic E-state index is 12.7. The fourth-order valence-electron chi connectivity index (χ4n) is 2.82. The Hall–Kier alpha value is -1.43. The minimum absolute atomic E-state index is 0.117. The number of likely N-dealkylation sites (tertiary alicyclic amines) is 1. The van der Waals surface area contributed by atoms with Crippen LogP contribution in [0, 0.1) is 0 Å². The van der Waals surface area contributed by atoms with Gasteiger partial charge in [-0.2, -0.15) is 5.10 Å². The summed E-state index contributed by atoms with van der Waals surface area (Å²) in [6.07, 6.45) is 1.08. The lowest BCUT2D eigenvalue weighted by atomic mass is 10.2. The van der Waals surface area contributed by atoms with Crippen LogP contribution in [0.5, 0.6) is 0 Å². The van der Waals surface area contributed by atoms with E-state index in [9.17, 15) is 9.18 Å². The molecule has 1 aromatic heterocycles. The van der Waals surface area contributed by atoms with Crippen LogP contribution >= 0.6 is 0 Å². The number of fused-ring (bicyclic) bond motifs is 1. The van der Waals surface area contributed by atoms with Crippen molar-refractivity contribution >= 4 is 5.91 Å². The summed E-state index contributed by atoms with van der Waals surface area (Å²) in [6, 6.07) is 2.10. The van der Waals surface area contributed by atoms with Crippen LogP contribution in [0.3, 0.4) is 0 Å². The first-order valence-electron chi connectivity index (χ1n) is 7.35. The quantitative estimate of drug-likeness (QED) is 0.806. The molecular weight excluding hydrogens is 259 g/mol. The monoisotopic (exact) mass is 280 g/mol. The van der Waals surface area contributed by atoms with Crippen molar-refractivity contribution in [3.05, 3.63) is 17.5 Å². The van der Waals surface area contributed by atoms with Crippen molar-refractivity contribution in [2.24, 2.45) is 0 Å². The van der Waals surface area contributed by atoms with Crippen LogP contribution in [0.2, 0.25) is 0 Å². The minimum Gasteiger partial charge on any atom is -0.339 e. The fourth-order valence-corrected chi connectivity index (χ4v) is 2.82. The molecule has 0 bridgehead atoms. The third-order valence-corrected chi connectivity index (χ3v) is 4.15. The molecule has 6 heteroatoms. The summed E-state index contributed by atoms with van der Waals surface area (Å²) in [5.74, 6) is 0.117. The highest BCUT2D eigenvalue weighted by atomic mass is 19.1. The summed E-state index contributed by atoms with van der Waals surface area (Å²) in [5.41, 5.74) is 2.20. The van der Waals surface area contributed by atoms with Crippen molar-refractivity contribution < 1.29 is 9.18 Å². The molecule has 1 aromatic rings. The zero-order valence-corrected chi connectivity index (χ0v) is 11.9. The number of aryl methyl sites for hydroxylation is 1. The van der Waals surface area contributed by atoms with Gasteiger partial charge in [0.25, 0.3) is 0 Å². The van der Waals surface area contributed by atoms with Gasteiger partial charge in [-0.1, -0.05) is 6.92 Å². The number of halogens is 1. The van der Waals surface area contributed by atoms with Crippen molar-refractivity contribution in [1.82, 2.24) is 19.6 Å². The van der Waals surface area contributed by atoms with E-state index >= 15 is 0 Å². The summed E-state index contributed by atoms with van der Waals surface area (Å²) in [4.78, 5) is 16.2. The van der Waals surface area contributed by atoms with Gasteiger partial charge in [-0.15, -0.1) is 0 Å². The number of rotatable bonds is 4. The van der Waals surface area contributed by atoms with E-state index < -0.39 is 6.17 Å². The molecule has 1 amide bonds. The summed E-state index contributed by atoms with van der Waals surface area (Å²) in [5, 5.41) is 4.46. The number of aromatic nitrogens is 2. The molecule has 0 spiro atoms. The number of carbonyl (C=O) groups excluding carboxylic acids is 1. The van der Waals surface area contributed by atoms with E-state index in [0.29, 0.717) is 26.2 Å². The summed E-state index contributed by atoms with van der Waals surface area (Å²) in [7, 11) is 0. The highest BCUT2D eigenvalue weighted by Crippen LogP contribution is 2.14. The number of nitrogens with zero attached hydrogens (tertiary/aromatic N) is 4. The lowest BCUT2D eigenvalue weighted by Gasteiger charge is -2.35. The first-order valence-corrected chi connectivity index (χ1v) is 7.35. The molecule has 20 heavy (non-hydrogen) atoms. The van der Waals surface area contributed by atoms with Gasteiger partial charge in [0.15, 0.2) is 0 Å². The molecule has 3 rings (SSSR count). The van der Waals surface area contributed by atoms with Crippen LogP contribution in [0.15, 0.2) is 6.07 Å². The lowest BCUT2D eigenvalue weighted by molar-refractivity contribution is -0.132. The topological polar surface area (TPSA) is 41.4 Å². The number of carbonyl (C=O) groups is 1. The van der Waals surface area contributed by atoms with Gasteiger partial charge in [0.05, 0.1) is 5.69 Å². The molecule has 0 aliphatic carbocycles. The highest BCUT2D eigenvalue weighted by Gasteiger charge is 2.27. The van der Waals surface area contributed by atoms with E-state index in [2.05, 4.69) is 23.0 Å². The maximum atomic E-state index is 12.7. The zero-order chi connectivity index (χ0) is 14.1. The van der Waals surface area contributed by atoms with Gasteiger partial charge in [-0.05, 0) is 12.5 Å². The van der Waals surface area contributed by atoms with Crippen LogP contribution in [0.25, 0.3) is 0 Å². The second-order valence-corrected chi connectivity index (χ2v) is 5.63. The van der Waals surface area contributed by atoms with Gasteiger partial charge in [-0.25, -0.2) is 4.39 Å². The number of hydrogen-bond donors (Lipinski definition) is 0. The average molecular weight is 280 g/mol. The van der Waals surface area contributed by atoms with Crippen molar-refractivity contribution in [1.29, 1.82) is 0 Å². The molecular formula is C14H21FN4O. The summed E-state index contributed by atoms with van der Waals surface area (Å²) >= 11 is 0. The molecule has 2 aliphatic rings. The van der Waals surface area contributed by atoms with Gasteiger partial charge in [0, 0.05) is 44.8 Å². The average Bonchev–Trinajstić information content (AvgIpc) is 2.72. The van der Waals surface area contributed by atoms with Gasteiger partial charge in [0.2, 0.25) is 5.91 Å². The maximum Gasteiger partial charge on any atom is 0.244 e. The van der Waals surface area contributed by atoms with E-state index in [4.69, 9.17) is 0 Å². The Morgan fingerprint density at radius 2 is 2.20 bits per heavy atom. The molecule has 0 aromatic carbocycles. The van der Waals surface area contributed by atoms with Gasteiger partial charge in [0.1, 0.15) is 12.7 Å². The highest BCUT2D eigenvalue weighted by molar-refractivity contribution is 5.76. The smallest absolute Gasteiger partial charge is 0.244 e. The minimum atomic E-state index is -0.674. The van der Waals surface area contributed by atoms with Gasteiger partial charge < -0.3 is 4.90 Å². The van der Waals surface area contributed by atoms with Crippen LogP contribution in [0.1, 0.15) is 18.3 Å². The SMILES string of the molecule is CCc1cc2n(n1)CC(=O)N(CCN1CC(F)C1)CC2. The first kappa shape index (κ1) is 13.5. The fraction of sp³-hybridized carbons (Fsp3) is 0.714. The Labute approximate surface area is 118 Å². The van der Waals surface area contributed by atoms with Gasteiger partial charge in [-0.3, -0.25) is 14.4 Å². The number of hydrogen-bond acceptors (Lipinski definition) is 3. The lowest BCUT2D eigenvalue weighted by Crippen LogP contribution is -2.51. The van der Waals surface area contributed by atoms with Crippen LogP contribution in [-0.2, 0) is 24.2 Å². The van der Waals surface area contributed by atoms with E-state index in [-0.39, 0.29) is 5.91 Å². The standard InChI is InChI=1S/C14H21FN4O/c1-2-12-7-13-3-4-18(14(20)10-19(13)16-12)6-5-17-8-11(15)9-17/h7,11H,2-6,8-10H2,1H3. The van der Waals surface area contributed by atoms with Crippen molar-refractivity contribution in [2.75, 3.05) is 32.7 Å². The molecule has 0 saturated carbocycles. The summed E-state index contributed by atoms with van der Waals surface area (Å²) in [6.45, 7) is 5.64. The van der Waals surface area contributed by atoms with Gasteiger partial charge >= 0.3 is 0 Å². The Bertz CT molecular complexity index is 495. The molecule has 5 nitrogen and oxygen atoms in total. The second-order valence-electron chi connectivity index (χ2n) is 5.63. The van der Waals surface area contributed by atoms with E-state index in [1.54, 1.807) is 0 Å². The number of amides is 1. The van der Waals surface area contributed by atoms with E-state index in [1.807, 2.05) is 9.58 Å². The van der Waals surface area contributed by atoms with Crippen LogP contribution in [-0.4, -0.2) is 64.4 Å². The Kier molecular flexibility index (Phi) is 3.74. The Morgan fingerprint density at radius 3 is 2.90 bits per heavy atom. The largest absolute Gasteiger partial charge is 0.339 e. The van der Waals surface area contributed by atoms with Crippen molar-refractivity contribution in [2.45, 2.75) is 32.5 Å². The van der Waals surface area contributed by atoms with E-state index in [1.165, 1.54) is 0 Å². The predicted octanol–water partition coefficient (Wildman–Crippen LogP) is 0.484. The molecule has 110 valence electrons. The van der Waals surface area contributed by atoms with Crippen molar-refractivity contribution in [3.8, 4) is 0 Å². The van der Waals surface area contributed by atoms with E-state index in [0.717, 1.165) is 37.3 Å². The zero-order valence-electron chi connectivity index (χ0n) is 11.9. The third-order valence-electron chi connectivity index (χ3n) is 4.15. The first-order chi connectivity index (χ1) is 9.65. The Morgan fingerprint density at radius 1 is 1.40 bits per heavy atom. The predicted molar refractivity (Wildman–Crippen MR) is 73.2 cm³/mol. The van der Waals surface area contributed by atoms with Crippen molar-refractivity contribution in [3.63, 3.8) is 0 Å². The third kappa shape index (κ3) is 2.70. The molecule has 1 saturated heterocycles. The number of alkyl halides is 1. The molecule has 2 aliphatic heterocycles. The molecule has 3 heterocycles. The normalized spacial score (nSPS) is 20.7. The molecule has 0 atom stereocenters. The molecule has 0 unspecified atom stereocenters. The Balaban J connectivity index is 1.57. The van der Waals surface area contributed by atoms with Crippen LogP contribution < -0.4 is 0 Å².